The van der Waals surface area contributed by atoms with Crippen LogP contribution < -0.4 is 5.32 Å². The summed E-state index contributed by atoms with van der Waals surface area (Å²) in [4.78, 5) is 14.2. The predicted octanol–water partition coefficient (Wildman–Crippen LogP) is 2.33. The zero-order valence-corrected chi connectivity index (χ0v) is 11.3. The molecule has 1 aliphatic rings. The van der Waals surface area contributed by atoms with Crippen molar-refractivity contribution >= 4 is 27.3 Å². The highest BCUT2D eigenvalue weighted by Gasteiger charge is 2.24. The van der Waals surface area contributed by atoms with Crippen LogP contribution in [0, 0.1) is 16.0 Å². The molecule has 0 aliphatic heterocycles. The monoisotopic (exact) mass is 315 g/mol. The zero-order chi connectivity index (χ0) is 13.1. The summed E-state index contributed by atoms with van der Waals surface area (Å²) in [6.45, 7) is 0.626. The molecule has 0 amide bonds. The maximum Gasteiger partial charge on any atom is 0.311 e. The van der Waals surface area contributed by atoms with Crippen molar-refractivity contribution in [2.24, 2.45) is 5.92 Å². The third-order valence-corrected chi connectivity index (χ3v) is 3.76. The molecule has 1 aliphatic carbocycles. The Morgan fingerprint density at radius 1 is 1.56 bits per heavy atom. The summed E-state index contributed by atoms with van der Waals surface area (Å²) in [6, 6.07) is 0. The molecule has 6 nitrogen and oxygen atoms in total. The minimum atomic E-state index is -0.455. The topological polar surface area (TPSA) is 88.3 Å². The van der Waals surface area contributed by atoms with E-state index in [0.29, 0.717) is 22.6 Å². The lowest BCUT2D eigenvalue weighted by atomic mass is 10.1. The van der Waals surface area contributed by atoms with Crippen LogP contribution in [0.25, 0.3) is 0 Å². The SMILES string of the molecule is O=[N+]([O-])c1cncc(Br)c1NCC1CCC(O)C1. The van der Waals surface area contributed by atoms with E-state index < -0.39 is 4.92 Å². The van der Waals surface area contributed by atoms with Gasteiger partial charge in [-0.3, -0.25) is 15.1 Å². The van der Waals surface area contributed by atoms with Crippen LogP contribution in [0.15, 0.2) is 16.9 Å². The van der Waals surface area contributed by atoms with E-state index in [1.807, 2.05) is 0 Å². The normalized spacial score (nSPS) is 23.0. The van der Waals surface area contributed by atoms with Crippen molar-refractivity contribution in [2.75, 3.05) is 11.9 Å². The molecule has 2 unspecified atom stereocenters. The number of rotatable bonds is 4. The van der Waals surface area contributed by atoms with E-state index in [2.05, 4.69) is 26.2 Å². The first-order chi connectivity index (χ1) is 8.58. The Balaban J connectivity index is 2.06. The second-order valence-corrected chi connectivity index (χ2v) is 5.34. The van der Waals surface area contributed by atoms with E-state index in [1.165, 1.54) is 12.4 Å². The Morgan fingerprint density at radius 2 is 2.33 bits per heavy atom. The van der Waals surface area contributed by atoms with Crippen LogP contribution in [-0.2, 0) is 0 Å². The van der Waals surface area contributed by atoms with Gasteiger partial charge in [0.25, 0.3) is 0 Å². The molecule has 98 valence electrons. The molecule has 2 rings (SSSR count). The molecule has 0 saturated heterocycles. The first kappa shape index (κ1) is 13.2. The second kappa shape index (κ2) is 5.62. The van der Waals surface area contributed by atoms with Gasteiger partial charge in [-0.25, -0.2) is 0 Å². The van der Waals surface area contributed by atoms with Gasteiger partial charge < -0.3 is 10.4 Å². The molecule has 18 heavy (non-hydrogen) atoms. The molecule has 1 fully saturated rings. The Hall–Kier alpha value is -1.21. The molecule has 1 aromatic heterocycles. The summed E-state index contributed by atoms with van der Waals surface area (Å²) >= 11 is 3.26. The molecule has 2 atom stereocenters. The highest BCUT2D eigenvalue weighted by molar-refractivity contribution is 9.10. The van der Waals surface area contributed by atoms with Gasteiger partial charge in [0.15, 0.2) is 0 Å². The lowest BCUT2D eigenvalue weighted by Crippen LogP contribution is -2.14. The number of aliphatic hydroxyl groups is 1. The van der Waals surface area contributed by atoms with E-state index in [-0.39, 0.29) is 11.8 Å². The van der Waals surface area contributed by atoms with Gasteiger partial charge in [-0.2, -0.15) is 0 Å². The lowest BCUT2D eigenvalue weighted by Gasteiger charge is -2.13. The Labute approximate surface area is 113 Å². The average molecular weight is 316 g/mol. The van der Waals surface area contributed by atoms with Crippen LogP contribution in [0.2, 0.25) is 0 Å². The smallest absolute Gasteiger partial charge is 0.311 e. The van der Waals surface area contributed by atoms with Crippen LogP contribution in [0.4, 0.5) is 11.4 Å². The summed E-state index contributed by atoms with van der Waals surface area (Å²) in [5, 5.41) is 23.4. The van der Waals surface area contributed by atoms with Crippen LogP contribution in [-0.4, -0.2) is 27.7 Å². The Bertz CT molecular complexity index is 455. The number of aromatic nitrogens is 1. The quantitative estimate of drug-likeness (QED) is 0.657. The summed E-state index contributed by atoms with van der Waals surface area (Å²) < 4.78 is 0.579. The highest BCUT2D eigenvalue weighted by atomic mass is 79.9. The fourth-order valence-electron chi connectivity index (χ4n) is 2.22. The van der Waals surface area contributed by atoms with Crippen molar-refractivity contribution < 1.29 is 10.0 Å². The van der Waals surface area contributed by atoms with Crippen molar-refractivity contribution in [1.29, 1.82) is 0 Å². The van der Waals surface area contributed by atoms with Crippen molar-refractivity contribution in [3.8, 4) is 0 Å². The summed E-state index contributed by atoms with van der Waals surface area (Å²) in [6.07, 6.45) is 5.04. The first-order valence-corrected chi connectivity index (χ1v) is 6.57. The van der Waals surface area contributed by atoms with Gasteiger partial charge in [0.2, 0.25) is 0 Å². The lowest BCUT2D eigenvalue weighted by molar-refractivity contribution is -0.384. The van der Waals surface area contributed by atoms with Crippen LogP contribution in [0.1, 0.15) is 19.3 Å². The van der Waals surface area contributed by atoms with Crippen LogP contribution in [0.3, 0.4) is 0 Å². The van der Waals surface area contributed by atoms with Gasteiger partial charge in [0, 0.05) is 12.7 Å². The Morgan fingerprint density at radius 3 is 2.94 bits per heavy atom. The number of nitrogens with zero attached hydrogens (tertiary/aromatic N) is 2. The van der Waals surface area contributed by atoms with Gasteiger partial charge in [0.05, 0.1) is 15.5 Å². The van der Waals surface area contributed by atoms with Gasteiger partial charge in [-0.1, -0.05) is 0 Å². The van der Waals surface area contributed by atoms with Crippen molar-refractivity contribution in [1.82, 2.24) is 4.98 Å². The Kier molecular flexibility index (Phi) is 4.13. The fraction of sp³-hybridized carbons (Fsp3) is 0.545. The molecule has 7 heteroatoms. The predicted molar refractivity (Wildman–Crippen MR) is 70.4 cm³/mol. The molecule has 0 spiro atoms. The third-order valence-electron chi connectivity index (χ3n) is 3.16. The number of anilines is 1. The number of aliphatic hydroxyl groups excluding tert-OH is 1. The van der Waals surface area contributed by atoms with Gasteiger partial charge in [0.1, 0.15) is 11.9 Å². The molecule has 1 saturated carbocycles. The molecule has 0 bridgehead atoms. The minimum absolute atomic E-state index is 0.0390. The molecular formula is C11H14BrN3O3. The van der Waals surface area contributed by atoms with E-state index >= 15 is 0 Å². The van der Waals surface area contributed by atoms with Crippen molar-refractivity contribution in [2.45, 2.75) is 25.4 Å². The summed E-state index contributed by atoms with van der Waals surface area (Å²) in [5.74, 6) is 0.361. The highest BCUT2D eigenvalue weighted by Crippen LogP contribution is 2.32. The van der Waals surface area contributed by atoms with Gasteiger partial charge in [-0.15, -0.1) is 0 Å². The maximum absolute atomic E-state index is 10.9. The number of nitro groups is 1. The number of hydrogen-bond acceptors (Lipinski definition) is 5. The minimum Gasteiger partial charge on any atom is -0.393 e. The van der Waals surface area contributed by atoms with E-state index in [0.717, 1.165) is 19.3 Å². The molecule has 2 N–H and O–H groups in total. The number of hydrogen-bond donors (Lipinski definition) is 2. The zero-order valence-electron chi connectivity index (χ0n) is 9.67. The number of pyridine rings is 1. The second-order valence-electron chi connectivity index (χ2n) is 4.49. The largest absolute Gasteiger partial charge is 0.393 e. The maximum atomic E-state index is 10.9. The van der Waals surface area contributed by atoms with E-state index in [1.54, 1.807) is 0 Å². The molecule has 1 aromatic rings. The van der Waals surface area contributed by atoms with Crippen molar-refractivity contribution in [3.63, 3.8) is 0 Å². The van der Waals surface area contributed by atoms with Crippen molar-refractivity contribution in [3.05, 3.63) is 27.0 Å². The first-order valence-electron chi connectivity index (χ1n) is 5.77. The molecular weight excluding hydrogens is 302 g/mol. The molecule has 0 aromatic carbocycles. The van der Waals surface area contributed by atoms with Crippen LogP contribution in [0.5, 0.6) is 0 Å². The average Bonchev–Trinajstić information content (AvgIpc) is 2.73. The number of halogens is 1. The number of nitrogens with one attached hydrogen (secondary N) is 1. The van der Waals surface area contributed by atoms with E-state index in [4.69, 9.17) is 0 Å². The fourth-order valence-corrected chi connectivity index (χ4v) is 2.68. The van der Waals surface area contributed by atoms with Gasteiger partial charge in [-0.05, 0) is 41.1 Å². The summed E-state index contributed by atoms with van der Waals surface area (Å²) in [7, 11) is 0. The molecule has 0 radical (unpaired) electrons. The van der Waals surface area contributed by atoms with E-state index in [9.17, 15) is 15.2 Å². The summed E-state index contributed by atoms with van der Waals surface area (Å²) in [5.41, 5.74) is 0.416. The molecule has 1 heterocycles. The van der Waals surface area contributed by atoms with Crippen LogP contribution >= 0.6 is 15.9 Å². The standard InChI is InChI=1S/C11H14BrN3O3/c12-9-5-13-6-10(15(17)18)11(9)14-4-7-1-2-8(16)3-7/h5-8,16H,1-4H2,(H,13,14). The third kappa shape index (κ3) is 2.97. The van der Waals surface area contributed by atoms with Gasteiger partial charge >= 0.3 is 5.69 Å².